The second-order valence-electron chi connectivity index (χ2n) is 3.57. The van der Waals surface area contributed by atoms with Gasteiger partial charge in [0.15, 0.2) is 5.75 Å². The predicted molar refractivity (Wildman–Crippen MR) is 79.1 cm³/mol. The number of nitrogens with zero attached hydrogens (tertiary/aromatic N) is 1. The summed E-state index contributed by atoms with van der Waals surface area (Å²) in [5.41, 5.74) is 0.726. The molecule has 0 unspecified atom stereocenters. The van der Waals surface area contributed by atoms with Gasteiger partial charge in [-0.15, -0.1) is 0 Å². The largest absolute Gasteiger partial charge is 0.377 e. The highest BCUT2D eigenvalue weighted by molar-refractivity contribution is 9.24. The molecule has 0 aliphatic rings. The number of pyridine rings is 1. The molecule has 1 heterocycles. The summed E-state index contributed by atoms with van der Waals surface area (Å²) in [5, 5.41) is 0. The van der Waals surface area contributed by atoms with Gasteiger partial charge in [0.25, 0.3) is 0 Å². The van der Waals surface area contributed by atoms with Crippen LogP contribution in [0.25, 0.3) is 0 Å². The molecule has 4 nitrogen and oxygen atoms in total. The Bertz CT molecular complexity index is 642. The first kappa shape index (κ1) is 14.5. The number of hydrogen-bond acceptors (Lipinski definition) is 4. The average Bonchev–Trinajstić information content (AvgIpc) is 2.40. The molecule has 2 rings (SSSR count). The van der Waals surface area contributed by atoms with Crippen LogP contribution < -0.4 is 4.18 Å². The van der Waals surface area contributed by atoms with Crippen molar-refractivity contribution in [2.45, 2.75) is 8.63 Å². The van der Waals surface area contributed by atoms with E-state index in [-0.39, 0.29) is 14.4 Å². The number of alkyl halides is 2. The summed E-state index contributed by atoms with van der Waals surface area (Å²) in [6, 6.07) is 11.2. The van der Waals surface area contributed by atoms with Crippen molar-refractivity contribution >= 4 is 42.0 Å². The third kappa shape index (κ3) is 3.77. The number of aromatic nitrogens is 1. The van der Waals surface area contributed by atoms with Gasteiger partial charge in [0.2, 0.25) is 0 Å². The van der Waals surface area contributed by atoms with Crippen LogP contribution >= 0.6 is 31.9 Å². The summed E-state index contributed by atoms with van der Waals surface area (Å²) in [6.07, 6.45) is 1.37. The van der Waals surface area contributed by atoms with E-state index in [4.69, 9.17) is 4.18 Å². The molecule has 0 radical (unpaired) electrons. The zero-order chi connectivity index (χ0) is 13.9. The van der Waals surface area contributed by atoms with Crippen LogP contribution in [0.15, 0.2) is 53.6 Å². The van der Waals surface area contributed by atoms with Crippen molar-refractivity contribution in [2.24, 2.45) is 0 Å². The average molecular weight is 407 g/mol. The summed E-state index contributed by atoms with van der Waals surface area (Å²) in [6.45, 7) is 0. The van der Waals surface area contributed by atoms with Crippen molar-refractivity contribution < 1.29 is 12.6 Å². The first-order valence-corrected chi connectivity index (χ1v) is 8.46. The van der Waals surface area contributed by atoms with Crippen LogP contribution in [0.2, 0.25) is 0 Å². The van der Waals surface area contributed by atoms with Gasteiger partial charge in [-0.2, -0.15) is 8.42 Å². The Morgan fingerprint density at radius 1 is 1.05 bits per heavy atom. The second kappa shape index (κ2) is 6.02. The van der Waals surface area contributed by atoms with Gasteiger partial charge in [0, 0.05) is 0 Å². The van der Waals surface area contributed by atoms with Crippen LogP contribution in [-0.4, -0.2) is 13.4 Å². The maximum Gasteiger partial charge on any atom is 0.339 e. The van der Waals surface area contributed by atoms with Gasteiger partial charge in [-0.05, 0) is 24.3 Å². The molecule has 2 aromatic rings. The molecule has 0 amide bonds. The fourth-order valence-corrected chi connectivity index (χ4v) is 2.81. The summed E-state index contributed by atoms with van der Waals surface area (Å²) < 4.78 is 28.8. The maximum atomic E-state index is 12.0. The zero-order valence-corrected chi connectivity index (χ0v) is 13.5. The Hall–Kier alpha value is -0.920. The van der Waals surface area contributed by atoms with E-state index in [9.17, 15) is 8.42 Å². The molecule has 0 saturated heterocycles. The number of hydrogen-bond donors (Lipinski definition) is 0. The Morgan fingerprint density at radius 2 is 1.74 bits per heavy atom. The highest BCUT2D eigenvalue weighted by Crippen LogP contribution is 2.28. The van der Waals surface area contributed by atoms with Gasteiger partial charge in [0.05, 0.1) is 11.9 Å². The first-order chi connectivity index (χ1) is 8.99. The van der Waals surface area contributed by atoms with Crippen molar-refractivity contribution in [1.29, 1.82) is 0 Å². The van der Waals surface area contributed by atoms with Gasteiger partial charge in [-0.1, -0.05) is 50.1 Å². The predicted octanol–water partition coefficient (Wildman–Crippen LogP) is 3.64. The van der Waals surface area contributed by atoms with Gasteiger partial charge >= 0.3 is 10.1 Å². The Balaban J connectivity index is 2.21. The van der Waals surface area contributed by atoms with E-state index in [1.165, 1.54) is 18.3 Å². The quantitative estimate of drug-likeness (QED) is 0.574. The first-order valence-electron chi connectivity index (χ1n) is 5.23. The summed E-state index contributed by atoms with van der Waals surface area (Å²) in [5.74, 6) is 0.174. The smallest absolute Gasteiger partial charge is 0.339 e. The number of benzene rings is 1. The molecular weight excluding hydrogens is 398 g/mol. The fourth-order valence-electron chi connectivity index (χ4n) is 1.33. The molecular formula is C12H9Br2NO3S. The van der Waals surface area contributed by atoms with Crippen LogP contribution in [-0.2, 0) is 10.1 Å². The monoisotopic (exact) mass is 405 g/mol. The molecule has 0 spiro atoms. The molecule has 0 aliphatic carbocycles. The molecule has 19 heavy (non-hydrogen) atoms. The van der Waals surface area contributed by atoms with Gasteiger partial charge in [-0.3, -0.25) is 4.98 Å². The van der Waals surface area contributed by atoms with Crippen molar-refractivity contribution in [3.63, 3.8) is 0 Å². The lowest BCUT2D eigenvalue weighted by Crippen LogP contribution is -2.09. The van der Waals surface area contributed by atoms with E-state index in [1.54, 1.807) is 30.3 Å². The minimum Gasteiger partial charge on any atom is -0.377 e. The van der Waals surface area contributed by atoms with Crippen molar-refractivity contribution in [2.75, 3.05) is 0 Å². The van der Waals surface area contributed by atoms with E-state index in [1.807, 2.05) is 0 Å². The minimum absolute atomic E-state index is 0.0835. The van der Waals surface area contributed by atoms with Crippen molar-refractivity contribution in [3.05, 3.63) is 54.4 Å². The molecule has 1 aromatic carbocycles. The van der Waals surface area contributed by atoms with E-state index < -0.39 is 10.1 Å². The maximum absolute atomic E-state index is 12.0. The van der Waals surface area contributed by atoms with E-state index in [2.05, 4.69) is 36.8 Å². The highest BCUT2D eigenvalue weighted by Gasteiger charge is 2.16. The topological polar surface area (TPSA) is 56.3 Å². The molecule has 0 saturated carbocycles. The van der Waals surface area contributed by atoms with Crippen molar-refractivity contribution in [1.82, 2.24) is 4.98 Å². The SMILES string of the molecule is O=S(=O)(Oc1ccc(C(Br)Br)nc1)c1ccccc1. The second-order valence-corrected chi connectivity index (χ2v) is 8.18. The summed E-state index contributed by atoms with van der Waals surface area (Å²) in [7, 11) is -3.81. The molecule has 0 fully saturated rings. The van der Waals surface area contributed by atoms with Gasteiger partial charge in [-0.25, -0.2) is 0 Å². The lowest BCUT2D eigenvalue weighted by atomic mass is 10.4. The Kier molecular flexibility index (Phi) is 4.59. The normalized spacial score (nSPS) is 11.5. The third-order valence-electron chi connectivity index (χ3n) is 2.22. The van der Waals surface area contributed by atoms with E-state index in [0.29, 0.717) is 0 Å². The fraction of sp³-hybridized carbons (Fsp3) is 0.0833. The summed E-state index contributed by atoms with van der Waals surface area (Å²) >= 11 is 6.60. The van der Waals surface area contributed by atoms with Crippen LogP contribution in [0.1, 0.15) is 9.43 Å². The Morgan fingerprint density at radius 3 is 2.26 bits per heavy atom. The molecule has 0 bridgehead atoms. The standard InChI is InChI=1S/C12H9Br2NO3S/c13-12(14)11-7-6-9(8-15-11)18-19(16,17)10-4-2-1-3-5-10/h1-8,12H. The molecule has 0 aliphatic heterocycles. The molecule has 7 heteroatoms. The van der Waals surface area contributed by atoms with E-state index in [0.717, 1.165) is 5.69 Å². The highest BCUT2D eigenvalue weighted by atomic mass is 79.9. The number of halogens is 2. The van der Waals surface area contributed by atoms with Gasteiger partial charge < -0.3 is 4.18 Å². The molecule has 100 valence electrons. The lowest BCUT2D eigenvalue weighted by Gasteiger charge is -2.07. The number of rotatable bonds is 4. The molecule has 1 aromatic heterocycles. The zero-order valence-electron chi connectivity index (χ0n) is 9.53. The van der Waals surface area contributed by atoms with Crippen LogP contribution in [0.3, 0.4) is 0 Å². The van der Waals surface area contributed by atoms with E-state index >= 15 is 0 Å². The molecule has 0 atom stereocenters. The summed E-state index contributed by atoms with van der Waals surface area (Å²) in [4.78, 5) is 4.18. The van der Waals surface area contributed by atoms with Gasteiger partial charge in [0.1, 0.15) is 8.63 Å². The van der Waals surface area contributed by atoms with Crippen molar-refractivity contribution in [3.8, 4) is 5.75 Å². The van der Waals surface area contributed by atoms with Crippen LogP contribution in [0.5, 0.6) is 5.75 Å². The van der Waals surface area contributed by atoms with Crippen LogP contribution in [0, 0.1) is 0 Å². The molecule has 0 N–H and O–H groups in total. The minimum atomic E-state index is -3.81. The Labute approximate surface area is 128 Å². The third-order valence-corrected chi connectivity index (χ3v) is 4.42. The lowest BCUT2D eigenvalue weighted by molar-refractivity contribution is 0.484. The van der Waals surface area contributed by atoms with Crippen LogP contribution in [0.4, 0.5) is 0 Å².